The lowest BCUT2D eigenvalue weighted by Crippen LogP contribution is -2.33. The first kappa shape index (κ1) is 23.1. The number of hydrogen-bond donors (Lipinski definition) is 5. The second-order valence-corrected chi connectivity index (χ2v) is 8.23. The zero-order valence-corrected chi connectivity index (χ0v) is 18.8. The number of fused-ring (bicyclic) bond motifs is 1. The number of nitrogens with one attached hydrogen (secondary N) is 1. The number of hydrazone groups is 1. The summed E-state index contributed by atoms with van der Waals surface area (Å²) in [6, 6.07) is 8.25. The summed E-state index contributed by atoms with van der Waals surface area (Å²) in [5.41, 5.74) is 12.5. The maximum absolute atomic E-state index is 10.4. The van der Waals surface area contributed by atoms with Gasteiger partial charge in [0.1, 0.15) is 23.8 Å². The van der Waals surface area contributed by atoms with E-state index in [0.717, 1.165) is 17.7 Å². The zero-order chi connectivity index (χ0) is 23.7. The predicted octanol–water partition coefficient (Wildman–Crippen LogP) is 1.37. The van der Waals surface area contributed by atoms with Crippen molar-refractivity contribution in [2.24, 2.45) is 5.10 Å². The van der Waals surface area contributed by atoms with Crippen molar-refractivity contribution in [3.63, 3.8) is 0 Å². The van der Waals surface area contributed by atoms with Gasteiger partial charge in [0.2, 0.25) is 5.95 Å². The largest absolute Gasteiger partial charge is 0.394 e. The Morgan fingerprint density at radius 3 is 2.61 bits per heavy atom. The number of anilines is 2. The highest BCUT2D eigenvalue weighted by atomic mass is 16.6. The van der Waals surface area contributed by atoms with Crippen molar-refractivity contribution < 1.29 is 20.1 Å². The average molecular weight is 456 g/mol. The Labute approximate surface area is 191 Å². The van der Waals surface area contributed by atoms with Gasteiger partial charge in [0.05, 0.1) is 18.6 Å². The molecule has 1 aliphatic heterocycles. The van der Waals surface area contributed by atoms with Crippen molar-refractivity contribution in [3.8, 4) is 0 Å². The topological polar surface area (TPSA) is 164 Å². The quantitative estimate of drug-likeness (QED) is 0.261. The first-order valence-electron chi connectivity index (χ1n) is 10.9. The lowest BCUT2D eigenvalue weighted by atomic mass is 9.97. The van der Waals surface area contributed by atoms with Crippen LogP contribution in [0.4, 0.5) is 11.8 Å². The van der Waals surface area contributed by atoms with Crippen LogP contribution in [-0.2, 0) is 4.74 Å². The molecule has 5 atom stereocenters. The van der Waals surface area contributed by atoms with Gasteiger partial charge in [0.25, 0.3) is 0 Å². The van der Waals surface area contributed by atoms with Gasteiger partial charge in [0, 0.05) is 0 Å². The summed E-state index contributed by atoms with van der Waals surface area (Å²) in [5, 5.41) is 34.1. The maximum atomic E-state index is 10.4. The van der Waals surface area contributed by atoms with Crippen molar-refractivity contribution in [1.82, 2.24) is 19.5 Å². The normalized spacial score (nSPS) is 24.4. The van der Waals surface area contributed by atoms with E-state index in [-0.39, 0.29) is 11.8 Å². The molecule has 3 heterocycles. The van der Waals surface area contributed by atoms with Crippen LogP contribution in [0.5, 0.6) is 0 Å². The Morgan fingerprint density at radius 2 is 1.97 bits per heavy atom. The summed E-state index contributed by atoms with van der Waals surface area (Å²) < 4.78 is 7.03. The van der Waals surface area contributed by atoms with Crippen LogP contribution in [0, 0.1) is 0 Å². The van der Waals surface area contributed by atoms with Crippen LogP contribution in [0.25, 0.3) is 11.2 Å². The highest BCUT2D eigenvalue weighted by Gasteiger charge is 2.44. The number of aromatic nitrogens is 4. The number of aliphatic hydroxyl groups is 3. The third kappa shape index (κ3) is 4.40. The first-order chi connectivity index (χ1) is 15.8. The van der Waals surface area contributed by atoms with Crippen LogP contribution < -0.4 is 11.2 Å². The fraction of sp³-hybridized carbons (Fsp3) is 0.455. The van der Waals surface area contributed by atoms with Gasteiger partial charge in [-0.25, -0.2) is 10.4 Å². The standard InChI is InChI=1S/C22H29N7O4/c1-4-11(2)13-5-7-14(8-6-13)12(3)27-28-22-25-19(23)16-20(26-22)29(10-24-16)21-18(32)17(31)15(9-30)33-21/h5-8,10-11,15,17-18,21,30-32H,4,9H2,1-3H3,(H3,23,25,26,28)/t11?,15-,17-,18-,21-/m1/s1. The van der Waals surface area contributed by atoms with E-state index in [4.69, 9.17) is 10.5 Å². The van der Waals surface area contributed by atoms with E-state index in [0.29, 0.717) is 17.1 Å². The molecule has 3 aromatic rings. The molecule has 0 radical (unpaired) electrons. The number of nitrogens with zero attached hydrogens (tertiary/aromatic N) is 5. The van der Waals surface area contributed by atoms with Gasteiger partial charge in [-0.2, -0.15) is 15.1 Å². The van der Waals surface area contributed by atoms with Crippen LogP contribution in [0.2, 0.25) is 0 Å². The number of ether oxygens (including phenoxy) is 1. The van der Waals surface area contributed by atoms with Gasteiger partial charge >= 0.3 is 0 Å². The van der Waals surface area contributed by atoms with Gasteiger partial charge in [-0.05, 0) is 30.4 Å². The number of hydrogen-bond acceptors (Lipinski definition) is 10. The Bertz CT molecular complexity index is 1150. The van der Waals surface area contributed by atoms with Crippen molar-refractivity contribution in [2.75, 3.05) is 17.8 Å². The van der Waals surface area contributed by atoms with E-state index >= 15 is 0 Å². The molecule has 0 amide bonds. The fourth-order valence-electron chi connectivity index (χ4n) is 3.77. The summed E-state index contributed by atoms with van der Waals surface area (Å²) in [4.78, 5) is 12.8. The van der Waals surface area contributed by atoms with Crippen molar-refractivity contribution in [2.45, 2.75) is 57.6 Å². The third-order valence-electron chi connectivity index (χ3n) is 6.07. The summed E-state index contributed by atoms with van der Waals surface area (Å²) >= 11 is 0. The number of nitrogens with two attached hydrogens (primary N) is 1. The molecule has 6 N–H and O–H groups in total. The highest BCUT2D eigenvalue weighted by molar-refractivity contribution is 5.99. The number of aliphatic hydroxyl groups excluding tert-OH is 3. The van der Waals surface area contributed by atoms with Crippen molar-refractivity contribution in [1.29, 1.82) is 0 Å². The fourth-order valence-corrected chi connectivity index (χ4v) is 3.77. The van der Waals surface area contributed by atoms with Gasteiger partial charge in [0.15, 0.2) is 17.7 Å². The van der Waals surface area contributed by atoms with E-state index in [1.807, 2.05) is 19.1 Å². The first-order valence-corrected chi connectivity index (χ1v) is 10.9. The molecule has 11 nitrogen and oxygen atoms in total. The van der Waals surface area contributed by atoms with Crippen LogP contribution >= 0.6 is 0 Å². The molecule has 0 spiro atoms. The second-order valence-electron chi connectivity index (χ2n) is 8.23. The molecule has 1 aliphatic rings. The molecule has 1 unspecified atom stereocenters. The van der Waals surface area contributed by atoms with Gasteiger partial charge in [-0.1, -0.05) is 38.1 Å². The number of benzene rings is 1. The predicted molar refractivity (Wildman–Crippen MR) is 124 cm³/mol. The Balaban J connectivity index is 1.58. The van der Waals surface area contributed by atoms with Crippen LogP contribution in [0.1, 0.15) is 50.5 Å². The molecule has 33 heavy (non-hydrogen) atoms. The molecule has 176 valence electrons. The SMILES string of the molecule is CCC(C)c1ccc(C(C)=NNc2nc(N)c3ncn([C@@H]4O[C@H](CO)[C@@H](O)[C@H]4O)c3n2)cc1. The minimum atomic E-state index is -1.27. The second kappa shape index (κ2) is 9.40. The third-order valence-corrected chi connectivity index (χ3v) is 6.07. The van der Waals surface area contributed by atoms with E-state index < -0.39 is 31.1 Å². The van der Waals surface area contributed by atoms with Gasteiger partial charge in [-0.3, -0.25) is 4.57 Å². The molecule has 1 fully saturated rings. The Morgan fingerprint density at radius 1 is 1.24 bits per heavy atom. The Hall–Kier alpha value is -3.12. The molecule has 1 saturated heterocycles. The summed E-state index contributed by atoms with van der Waals surface area (Å²) in [5.74, 6) is 0.765. The number of nitrogen functional groups attached to an aromatic ring is 1. The molecule has 0 bridgehead atoms. The number of imidazole rings is 1. The molecule has 4 rings (SSSR count). The summed E-state index contributed by atoms with van der Waals surface area (Å²) in [6.45, 7) is 5.80. The minimum Gasteiger partial charge on any atom is -0.394 e. The van der Waals surface area contributed by atoms with Crippen LogP contribution in [-0.4, -0.2) is 65.5 Å². The lowest BCUT2D eigenvalue weighted by Gasteiger charge is -2.16. The molecular weight excluding hydrogens is 426 g/mol. The zero-order valence-electron chi connectivity index (χ0n) is 18.8. The molecule has 11 heteroatoms. The smallest absolute Gasteiger partial charge is 0.247 e. The van der Waals surface area contributed by atoms with Crippen LogP contribution in [0.15, 0.2) is 35.7 Å². The van der Waals surface area contributed by atoms with Gasteiger partial charge in [-0.15, -0.1) is 0 Å². The number of rotatable bonds is 7. The minimum absolute atomic E-state index is 0.124. The maximum Gasteiger partial charge on any atom is 0.247 e. The highest BCUT2D eigenvalue weighted by Crippen LogP contribution is 2.32. The molecular formula is C22H29N7O4. The van der Waals surface area contributed by atoms with Crippen molar-refractivity contribution >= 4 is 28.6 Å². The summed E-state index contributed by atoms with van der Waals surface area (Å²) in [7, 11) is 0. The van der Waals surface area contributed by atoms with Crippen molar-refractivity contribution in [3.05, 3.63) is 41.7 Å². The van der Waals surface area contributed by atoms with E-state index in [1.54, 1.807) is 0 Å². The van der Waals surface area contributed by atoms with Gasteiger partial charge < -0.3 is 25.8 Å². The lowest BCUT2D eigenvalue weighted by molar-refractivity contribution is -0.0511. The molecule has 0 saturated carbocycles. The van der Waals surface area contributed by atoms with E-state index in [1.165, 1.54) is 16.5 Å². The van der Waals surface area contributed by atoms with E-state index in [2.05, 4.69) is 51.5 Å². The molecule has 1 aromatic carbocycles. The summed E-state index contributed by atoms with van der Waals surface area (Å²) in [6.07, 6.45) is -1.95. The Kier molecular flexibility index (Phi) is 6.56. The molecule has 0 aliphatic carbocycles. The van der Waals surface area contributed by atoms with E-state index in [9.17, 15) is 15.3 Å². The van der Waals surface area contributed by atoms with Crippen LogP contribution in [0.3, 0.4) is 0 Å². The monoisotopic (exact) mass is 455 g/mol. The average Bonchev–Trinajstić information content (AvgIpc) is 3.38. The molecule has 2 aromatic heterocycles.